The summed E-state index contributed by atoms with van der Waals surface area (Å²) in [5.74, 6) is -0.0806. The number of hydrogen-bond donors (Lipinski definition) is 1. The van der Waals surface area contributed by atoms with Crippen molar-refractivity contribution in [1.29, 1.82) is 0 Å². The standard InChI is InChI=1S/C19H18BrN3O3/c1-22(12-13-6-2-4-8-15(13)20)17(24)10-11-23-16-9-5-3-7-14(16)18(25)21-19(23)26/h2-9H,10-12H2,1H3,(H,21,25,26). The van der Waals surface area contributed by atoms with E-state index in [9.17, 15) is 14.4 Å². The van der Waals surface area contributed by atoms with Crippen molar-refractivity contribution < 1.29 is 4.79 Å². The summed E-state index contributed by atoms with van der Waals surface area (Å²) in [5.41, 5.74) is 0.617. The van der Waals surface area contributed by atoms with Gasteiger partial charge in [0.15, 0.2) is 0 Å². The number of hydrogen-bond acceptors (Lipinski definition) is 3. The second-order valence-electron chi connectivity index (χ2n) is 6.02. The van der Waals surface area contributed by atoms with Crippen LogP contribution in [-0.2, 0) is 17.9 Å². The Morgan fingerprint density at radius 2 is 1.81 bits per heavy atom. The number of para-hydroxylation sites is 1. The number of benzene rings is 2. The highest BCUT2D eigenvalue weighted by molar-refractivity contribution is 9.10. The van der Waals surface area contributed by atoms with Gasteiger partial charge in [-0.05, 0) is 23.8 Å². The number of nitrogens with one attached hydrogen (secondary N) is 1. The number of halogens is 1. The number of aromatic amines is 1. The SMILES string of the molecule is CN(Cc1ccccc1Br)C(=O)CCn1c(=O)[nH]c(=O)c2ccccc21. The molecule has 0 saturated heterocycles. The van der Waals surface area contributed by atoms with E-state index in [1.54, 1.807) is 36.2 Å². The molecule has 0 aliphatic rings. The zero-order valence-electron chi connectivity index (χ0n) is 14.2. The molecule has 0 saturated carbocycles. The van der Waals surface area contributed by atoms with Crippen LogP contribution in [0, 0.1) is 0 Å². The molecular weight excluding hydrogens is 398 g/mol. The predicted molar refractivity (Wildman–Crippen MR) is 104 cm³/mol. The first-order valence-corrected chi connectivity index (χ1v) is 8.96. The third-order valence-corrected chi connectivity index (χ3v) is 5.02. The Bertz CT molecular complexity index is 1070. The fraction of sp³-hybridized carbons (Fsp3) is 0.211. The number of carbonyl (C=O) groups excluding carboxylic acids is 1. The van der Waals surface area contributed by atoms with Crippen LogP contribution in [0.15, 0.2) is 62.6 Å². The molecule has 0 radical (unpaired) electrons. The van der Waals surface area contributed by atoms with Crippen molar-refractivity contribution in [2.75, 3.05) is 7.05 Å². The van der Waals surface area contributed by atoms with E-state index in [-0.39, 0.29) is 18.9 Å². The predicted octanol–water partition coefficient (Wildman–Crippen LogP) is 2.50. The Hall–Kier alpha value is -2.67. The van der Waals surface area contributed by atoms with Crippen LogP contribution in [0.2, 0.25) is 0 Å². The highest BCUT2D eigenvalue weighted by Crippen LogP contribution is 2.17. The number of nitrogens with zero attached hydrogens (tertiary/aromatic N) is 2. The van der Waals surface area contributed by atoms with Gasteiger partial charge in [0, 0.05) is 31.0 Å². The highest BCUT2D eigenvalue weighted by atomic mass is 79.9. The number of carbonyl (C=O) groups is 1. The average molecular weight is 416 g/mol. The summed E-state index contributed by atoms with van der Waals surface area (Å²) < 4.78 is 2.38. The van der Waals surface area contributed by atoms with Crippen LogP contribution < -0.4 is 11.2 Å². The smallest absolute Gasteiger partial charge is 0.328 e. The molecule has 0 aliphatic carbocycles. The summed E-state index contributed by atoms with van der Waals surface area (Å²) in [6, 6.07) is 14.6. The lowest BCUT2D eigenvalue weighted by Gasteiger charge is -2.18. The lowest BCUT2D eigenvalue weighted by molar-refractivity contribution is -0.130. The van der Waals surface area contributed by atoms with Gasteiger partial charge in [0.05, 0.1) is 10.9 Å². The molecule has 0 atom stereocenters. The summed E-state index contributed by atoms with van der Waals surface area (Å²) in [6.07, 6.45) is 0.164. The molecule has 134 valence electrons. The fourth-order valence-corrected chi connectivity index (χ4v) is 3.24. The monoisotopic (exact) mass is 415 g/mol. The van der Waals surface area contributed by atoms with Crippen molar-refractivity contribution in [1.82, 2.24) is 14.5 Å². The lowest BCUT2D eigenvalue weighted by atomic mass is 10.2. The van der Waals surface area contributed by atoms with Crippen molar-refractivity contribution in [2.45, 2.75) is 19.5 Å². The molecule has 6 nitrogen and oxygen atoms in total. The van der Waals surface area contributed by atoms with E-state index in [4.69, 9.17) is 0 Å². The Morgan fingerprint density at radius 1 is 1.12 bits per heavy atom. The number of fused-ring (bicyclic) bond motifs is 1. The van der Waals surface area contributed by atoms with E-state index >= 15 is 0 Å². The number of amides is 1. The van der Waals surface area contributed by atoms with Crippen LogP contribution in [0.3, 0.4) is 0 Å². The van der Waals surface area contributed by atoms with Crippen LogP contribution in [-0.4, -0.2) is 27.4 Å². The van der Waals surface area contributed by atoms with Gasteiger partial charge in [-0.3, -0.25) is 19.1 Å². The normalized spacial score (nSPS) is 10.8. The maximum Gasteiger partial charge on any atom is 0.328 e. The van der Waals surface area contributed by atoms with Crippen LogP contribution in [0.4, 0.5) is 0 Å². The summed E-state index contributed by atoms with van der Waals surface area (Å²) in [4.78, 5) is 40.4. The van der Waals surface area contributed by atoms with Crippen LogP contribution in [0.5, 0.6) is 0 Å². The second-order valence-corrected chi connectivity index (χ2v) is 6.87. The first-order valence-electron chi connectivity index (χ1n) is 8.16. The van der Waals surface area contributed by atoms with Crippen LogP contribution >= 0.6 is 15.9 Å². The molecule has 0 aliphatic heterocycles. The lowest BCUT2D eigenvalue weighted by Crippen LogP contribution is -2.33. The minimum absolute atomic E-state index is 0.0806. The third kappa shape index (κ3) is 3.77. The first-order chi connectivity index (χ1) is 12.5. The molecule has 1 amide bonds. The number of H-pyrrole nitrogens is 1. The molecule has 0 fully saturated rings. The second kappa shape index (κ2) is 7.70. The highest BCUT2D eigenvalue weighted by Gasteiger charge is 2.13. The van der Waals surface area contributed by atoms with E-state index in [1.165, 1.54) is 4.57 Å². The number of aryl methyl sites for hydroxylation is 1. The van der Waals surface area contributed by atoms with Gasteiger partial charge in [-0.25, -0.2) is 4.79 Å². The van der Waals surface area contributed by atoms with Gasteiger partial charge >= 0.3 is 5.69 Å². The molecule has 3 aromatic rings. The Morgan fingerprint density at radius 3 is 2.58 bits per heavy atom. The first kappa shape index (κ1) is 18.1. The molecule has 0 bridgehead atoms. The van der Waals surface area contributed by atoms with Gasteiger partial charge in [0.25, 0.3) is 5.56 Å². The van der Waals surface area contributed by atoms with Gasteiger partial charge in [0.1, 0.15) is 0 Å². The molecular formula is C19H18BrN3O3. The van der Waals surface area contributed by atoms with Crippen molar-refractivity contribution >= 4 is 32.7 Å². The van der Waals surface area contributed by atoms with Crippen molar-refractivity contribution in [3.8, 4) is 0 Å². The molecule has 0 unspecified atom stereocenters. The number of aromatic nitrogens is 2. The molecule has 3 rings (SSSR count). The Kier molecular flexibility index (Phi) is 5.37. The third-order valence-electron chi connectivity index (χ3n) is 4.25. The van der Waals surface area contributed by atoms with Gasteiger partial charge in [0.2, 0.25) is 5.91 Å². The van der Waals surface area contributed by atoms with Gasteiger partial charge in [-0.2, -0.15) is 0 Å². The maximum absolute atomic E-state index is 12.5. The Balaban J connectivity index is 1.76. The zero-order chi connectivity index (χ0) is 18.7. The Labute approximate surface area is 158 Å². The van der Waals surface area contributed by atoms with E-state index in [2.05, 4.69) is 20.9 Å². The largest absolute Gasteiger partial charge is 0.341 e. The van der Waals surface area contributed by atoms with Crippen LogP contribution in [0.1, 0.15) is 12.0 Å². The fourth-order valence-electron chi connectivity index (χ4n) is 2.83. The van der Waals surface area contributed by atoms with E-state index < -0.39 is 11.2 Å². The molecule has 0 spiro atoms. The minimum Gasteiger partial charge on any atom is -0.341 e. The van der Waals surface area contributed by atoms with E-state index in [0.29, 0.717) is 17.4 Å². The molecule has 7 heteroatoms. The van der Waals surface area contributed by atoms with Gasteiger partial charge < -0.3 is 4.90 Å². The summed E-state index contributed by atoms with van der Waals surface area (Å²) >= 11 is 3.48. The summed E-state index contributed by atoms with van der Waals surface area (Å²) in [5, 5.41) is 0.432. The van der Waals surface area contributed by atoms with Crippen LogP contribution in [0.25, 0.3) is 10.9 Å². The van der Waals surface area contributed by atoms with E-state index in [0.717, 1.165) is 10.0 Å². The van der Waals surface area contributed by atoms with Gasteiger partial charge in [-0.15, -0.1) is 0 Å². The van der Waals surface area contributed by atoms with Crippen molar-refractivity contribution in [3.63, 3.8) is 0 Å². The molecule has 2 aromatic carbocycles. The molecule has 1 N–H and O–H groups in total. The quantitative estimate of drug-likeness (QED) is 0.695. The summed E-state index contributed by atoms with van der Waals surface area (Å²) in [7, 11) is 1.73. The molecule has 1 heterocycles. The summed E-state index contributed by atoms with van der Waals surface area (Å²) in [6.45, 7) is 0.677. The van der Waals surface area contributed by atoms with Crippen molar-refractivity contribution in [3.05, 3.63) is 79.4 Å². The minimum atomic E-state index is -0.505. The van der Waals surface area contributed by atoms with Crippen molar-refractivity contribution in [2.24, 2.45) is 0 Å². The average Bonchev–Trinajstić information content (AvgIpc) is 2.63. The molecule has 1 aromatic heterocycles. The molecule has 26 heavy (non-hydrogen) atoms. The zero-order valence-corrected chi connectivity index (χ0v) is 15.8. The maximum atomic E-state index is 12.5. The van der Waals surface area contributed by atoms with Gasteiger partial charge in [-0.1, -0.05) is 46.3 Å². The van der Waals surface area contributed by atoms with E-state index in [1.807, 2.05) is 24.3 Å². The number of rotatable bonds is 5. The topological polar surface area (TPSA) is 75.2 Å².